The molecule has 0 saturated heterocycles. The van der Waals surface area contributed by atoms with Crippen molar-refractivity contribution in [3.05, 3.63) is 35.6 Å². The minimum absolute atomic E-state index is 0.219. The molecule has 2 nitrogen and oxygen atoms in total. The van der Waals surface area contributed by atoms with Gasteiger partial charge in [0.25, 0.3) is 0 Å². The van der Waals surface area contributed by atoms with E-state index in [0.717, 1.165) is 5.56 Å². The molecule has 0 heterocycles. The maximum Gasteiger partial charge on any atom is 0.123 e. The molecule has 14 heavy (non-hydrogen) atoms. The summed E-state index contributed by atoms with van der Waals surface area (Å²) in [6.45, 7) is 1.31. The van der Waals surface area contributed by atoms with E-state index in [4.69, 9.17) is 0 Å². The number of benzene rings is 1. The van der Waals surface area contributed by atoms with E-state index in [-0.39, 0.29) is 5.82 Å². The molecule has 0 aromatic heterocycles. The lowest BCUT2D eigenvalue weighted by atomic mass is 10.2. The van der Waals surface area contributed by atoms with E-state index in [9.17, 15) is 8.60 Å². The molecule has 0 aliphatic rings. The Morgan fingerprint density at radius 2 is 2.29 bits per heavy atom. The Labute approximate surface area is 86.0 Å². The minimum Gasteiger partial charge on any atom is -0.312 e. The second kappa shape index (κ2) is 5.88. The van der Waals surface area contributed by atoms with Crippen LogP contribution in [-0.2, 0) is 17.3 Å². The summed E-state index contributed by atoms with van der Waals surface area (Å²) in [7, 11) is -0.764. The molecule has 0 aliphatic carbocycles. The SMILES string of the molecule is CS(=O)CCNCc1cccc(F)c1. The van der Waals surface area contributed by atoms with Crippen LogP contribution in [-0.4, -0.2) is 22.8 Å². The average Bonchev–Trinajstić information content (AvgIpc) is 2.12. The van der Waals surface area contributed by atoms with Gasteiger partial charge in [-0.25, -0.2) is 4.39 Å². The van der Waals surface area contributed by atoms with E-state index in [2.05, 4.69) is 5.32 Å². The molecular weight excluding hydrogens is 201 g/mol. The smallest absolute Gasteiger partial charge is 0.123 e. The van der Waals surface area contributed by atoms with Gasteiger partial charge in [0, 0.05) is 35.9 Å². The highest BCUT2D eigenvalue weighted by Gasteiger charge is 1.95. The van der Waals surface area contributed by atoms with Crippen LogP contribution in [0.15, 0.2) is 24.3 Å². The Balaban J connectivity index is 2.28. The molecule has 78 valence electrons. The summed E-state index contributed by atoms with van der Waals surface area (Å²) in [5, 5.41) is 3.10. The maximum atomic E-state index is 12.7. The summed E-state index contributed by atoms with van der Waals surface area (Å²) >= 11 is 0. The highest BCUT2D eigenvalue weighted by Crippen LogP contribution is 2.02. The molecule has 1 N–H and O–H groups in total. The van der Waals surface area contributed by atoms with Crippen LogP contribution in [0.25, 0.3) is 0 Å². The van der Waals surface area contributed by atoms with Crippen molar-refractivity contribution in [3.8, 4) is 0 Å². The average molecular weight is 215 g/mol. The molecule has 1 aromatic carbocycles. The summed E-state index contributed by atoms with van der Waals surface area (Å²) in [5.74, 6) is 0.415. The molecule has 0 bridgehead atoms. The number of rotatable bonds is 5. The Morgan fingerprint density at radius 3 is 2.93 bits per heavy atom. The standard InChI is InChI=1S/C10H14FNOS/c1-14(13)6-5-12-8-9-3-2-4-10(11)7-9/h2-4,7,12H,5-6,8H2,1H3. The van der Waals surface area contributed by atoms with E-state index in [1.807, 2.05) is 6.07 Å². The first-order chi connectivity index (χ1) is 6.68. The minimum atomic E-state index is -0.764. The third kappa shape index (κ3) is 4.48. The first-order valence-electron chi connectivity index (χ1n) is 4.43. The van der Waals surface area contributed by atoms with Crippen LogP contribution in [0, 0.1) is 5.82 Å². The predicted molar refractivity (Wildman–Crippen MR) is 57.0 cm³/mol. The molecule has 0 radical (unpaired) electrons. The van der Waals surface area contributed by atoms with Gasteiger partial charge in [0.1, 0.15) is 5.82 Å². The summed E-state index contributed by atoms with van der Waals surface area (Å²) in [4.78, 5) is 0. The van der Waals surface area contributed by atoms with Crippen molar-refractivity contribution in [2.24, 2.45) is 0 Å². The van der Waals surface area contributed by atoms with Gasteiger partial charge in [0.15, 0.2) is 0 Å². The van der Waals surface area contributed by atoms with Crippen LogP contribution in [0.3, 0.4) is 0 Å². The highest BCUT2D eigenvalue weighted by molar-refractivity contribution is 7.84. The molecule has 0 aliphatic heterocycles. The first-order valence-corrected chi connectivity index (χ1v) is 6.16. The zero-order valence-corrected chi connectivity index (χ0v) is 8.94. The van der Waals surface area contributed by atoms with E-state index in [0.29, 0.717) is 18.8 Å². The van der Waals surface area contributed by atoms with Gasteiger partial charge >= 0.3 is 0 Å². The van der Waals surface area contributed by atoms with Crippen molar-refractivity contribution in [2.45, 2.75) is 6.54 Å². The van der Waals surface area contributed by atoms with Gasteiger partial charge in [0.05, 0.1) is 0 Å². The van der Waals surface area contributed by atoms with E-state index >= 15 is 0 Å². The van der Waals surface area contributed by atoms with Crippen LogP contribution in [0.1, 0.15) is 5.56 Å². The van der Waals surface area contributed by atoms with Crippen molar-refractivity contribution in [3.63, 3.8) is 0 Å². The number of hydrogen-bond donors (Lipinski definition) is 1. The molecule has 1 rings (SSSR count). The summed E-state index contributed by atoms with van der Waals surface area (Å²) < 4.78 is 23.4. The quantitative estimate of drug-likeness (QED) is 0.750. The zero-order valence-electron chi connectivity index (χ0n) is 8.13. The van der Waals surface area contributed by atoms with Crippen LogP contribution >= 0.6 is 0 Å². The van der Waals surface area contributed by atoms with Crippen LogP contribution in [0.4, 0.5) is 4.39 Å². The second-order valence-electron chi connectivity index (χ2n) is 3.08. The fourth-order valence-electron chi connectivity index (χ4n) is 1.10. The fourth-order valence-corrected chi connectivity index (χ4v) is 1.53. The molecule has 1 atom stereocenters. The zero-order chi connectivity index (χ0) is 10.4. The third-order valence-corrected chi connectivity index (χ3v) is 2.56. The Bertz CT molecular complexity index is 317. The largest absolute Gasteiger partial charge is 0.312 e. The van der Waals surface area contributed by atoms with Crippen molar-refractivity contribution >= 4 is 10.8 Å². The van der Waals surface area contributed by atoms with Gasteiger partial charge in [-0.3, -0.25) is 4.21 Å². The van der Waals surface area contributed by atoms with Gasteiger partial charge in [-0.2, -0.15) is 0 Å². The number of nitrogens with one attached hydrogen (secondary N) is 1. The fraction of sp³-hybridized carbons (Fsp3) is 0.400. The predicted octanol–water partition coefficient (Wildman–Crippen LogP) is 1.29. The topological polar surface area (TPSA) is 29.1 Å². The van der Waals surface area contributed by atoms with Crippen LogP contribution < -0.4 is 5.32 Å². The lowest BCUT2D eigenvalue weighted by molar-refractivity contribution is 0.621. The summed E-state index contributed by atoms with van der Waals surface area (Å²) in [6, 6.07) is 6.46. The van der Waals surface area contributed by atoms with E-state index in [1.54, 1.807) is 12.3 Å². The van der Waals surface area contributed by atoms with Gasteiger partial charge in [-0.1, -0.05) is 12.1 Å². The van der Waals surface area contributed by atoms with E-state index < -0.39 is 10.8 Å². The molecule has 4 heteroatoms. The lowest BCUT2D eigenvalue weighted by Gasteiger charge is -2.03. The Hall–Kier alpha value is -0.740. The van der Waals surface area contributed by atoms with Gasteiger partial charge < -0.3 is 5.32 Å². The van der Waals surface area contributed by atoms with Crippen molar-refractivity contribution in [1.29, 1.82) is 0 Å². The van der Waals surface area contributed by atoms with E-state index in [1.165, 1.54) is 12.1 Å². The molecule has 0 amide bonds. The van der Waals surface area contributed by atoms with Crippen LogP contribution in [0.5, 0.6) is 0 Å². The molecule has 1 aromatic rings. The molecule has 0 saturated carbocycles. The lowest BCUT2D eigenvalue weighted by Crippen LogP contribution is -2.19. The van der Waals surface area contributed by atoms with Crippen molar-refractivity contribution in [1.82, 2.24) is 5.32 Å². The van der Waals surface area contributed by atoms with Gasteiger partial charge in [0.2, 0.25) is 0 Å². The van der Waals surface area contributed by atoms with Gasteiger partial charge in [-0.15, -0.1) is 0 Å². The highest BCUT2D eigenvalue weighted by atomic mass is 32.2. The molecule has 0 spiro atoms. The Kier molecular flexibility index (Phi) is 4.76. The van der Waals surface area contributed by atoms with Crippen LogP contribution in [0.2, 0.25) is 0 Å². The molecule has 1 unspecified atom stereocenters. The number of hydrogen-bond acceptors (Lipinski definition) is 2. The maximum absolute atomic E-state index is 12.7. The second-order valence-corrected chi connectivity index (χ2v) is 4.64. The first kappa shape index (κ1) is 11.3. The third-order valence-electron chi connectivity index (χ3n) is 1.78. The molecular formula is C10H14FNOS. The monoisotopic (exact) mass is 215 g/mol. The van der Waals surface area contributed by atoms with Gasteiger partial charge in [-0.05, 0) is 17.7 Å². The normalized spacial score (nSPS) is 12.7. The Morgan fingerprint density at radius 1 is 1.50 bits per heavy atom. The summed E-state index contributed by atoms with van der Waals surface area (Å²) in [5.41, 5.74) is 0.909. The van der Waals surface area contributed by atoms with Crippen molar-refractivity contribution in [2.75, 3.05) is 18.6 Å². The van der Waals surface area contributed by atoms with Crippen molar-refractivity contribution < 1.29 is 8.60 Å². The number of halogens is 1. The summed E-state index contributed by atoms with van der Waals surface area (Å²) in [6.07, 6.45) is 1.67. The molecule has 0 fully saturated rings.